The number of ether oxygens (including phenoxy) is 1. The maximum Gasteiger partial charge on any atom is 0.185 e. The summed E-state index contributed by atoms with van der Waals surface area (Å²) >= 11 is 7.29. The van der Waals surface area contributed by atoms with Gasteiger partial charge in [-0.15, -0.1) is 11.3 Å². The van der Waals surface area contributed by atoms with Crippen LogP contribution in [-0.2, 0) is 4.74 Å². The molecular weight excluding hydrogens is 376 g/mol. The first-order valence-corrected chi connectivity index (χ1v) is 10.9. The Bertz CT molecular complexity index is 763. The molecule has 27 heavy (non-hydrogen) atoms. The van der Waals surface area contributed by atoms with E-state index in [4.69, 9.17) is 21.9 Å². The van der Waals surface area contributed by atoms with Gasteiger partial charge < -0.3 is 19.9 Å². The van der Waals surface area contributed by atoms with Crippen molar-refractivity contribution < 1.29 is 4.74 Å². The van der Waals surface area contributed by atoms with E-state index in [1.54, 1.807) is 11.3 Å². The molecule has 5 nitrogen and oxygen atoms in total. The van der Waals surface area contributed by atoms with E-state index < -0.39 is 0 Å². The van der Waals surface area contributed by atoms with Crippen LogP contribution < -0.4 is 10.2 Å². The van der Waals surface area contributed by atoms with Gasteiger partial charge in [0, 0.05) is 50.3 Å². The van der Waals surface area contributed by atoms with Crippen molar-refractivity contribution in [2.24, 2.45) is 0 Å². The van der Waals surface area contributed by atoms with E-state index in [-0.39, 0.29) is 0 Å². The number of aryl methyl sites for hydroxylation is 1. The fraction of sp³-hybridized carbons (Fsp3) is 0.500. The predicted molar refractivity (Wildman–Crippen MR) is 116 cm³/mol. The monoisotopic (exact) mass is 402 g/mol. The fourth-order valence-electron chi connectivity index (χ4n) is 3.49. The number of thiazole rings is 1. The van der Waals surface area contributed by atoms with Gasteiger partial charge in [0.25, 0.3) is 0 Å². The Morgan fingerprint density at radius 2 is 2.04 bits per heavy atom. The number of piperazine rings is 1. The number of benzene rings is 1. The lowest BCUT2D eigenvalue weighted by Gasteiger charge is -2.36. The summed E-state index contributed by atoms with van der Waals surface area (Å²) in [5.74, 6) is 0. The van der Waals surface area contributed by atoms with Crippen LogP contribution in [0.25, 0.3) is 11.3 Å². The third kappa shape index (κ3) is 4.59. The molecule has 3 heterocycles. The second-order valence-corrected chi connectivity index (χ2v) is 8.40. The summed E-state index contributed by atoms with van der Waals surface area (Å²) in [4.78, 5) is 9.48. The minimum Gasteiger partial charge on any atom is -0.376 e. The van der Waals surface area contributed by atoms with Crippen LogP contribution in [0.15, 0.2) is 29.6 Å². The van der Waals surface area contributed by atoms with Crippen LogP contribution in [0.4, 0.5) is 5.13 Å². The Balaban J connectivity index is 1.29. The Morgan fingerprint density at radius 1 is 1.26 bits per heavy atom. The van der Waals surface area contributed by atoms with Crippen LogP contribution in [0.3, 0.4) is 0 Å². The van der Waals surface area contributed by atoms with Crippen LogP contribution in [0.1, 0.15) is 18.4 Å². The Labute approximate surface area is 170 Å². The average molecular weight is 403 g/mol. The first-order valence-electron chi connectivity index (χ1n) is 9.61. The van der Waals surface area contributed by atoms with Crippen molar-refractivity contribution in [1.29, 1.82) is 0 Å². The van der Waals surface area contributed by atoms with Gasteiger partial charge in [0.1, 0.15) is 0 Å². The molecule has 1 aromatic carbocycles. The third-order valence-corrected chi connectivity index (χ3v) is 6.49. The first kappa shape index (κ1) is 18.7. The van der Waals surface area contributed by atoms with Crippen molar-refractivity contribution in [1.82, 2.24) is 15.2 Å². The van der Waals surface area contributed by atoms with Gasteiger partial charge in [-0.05, 0) is 32.0 Å². The van der Waals surface area contributed by atoms with E-state index in [1.807, 2.05) is 0 Å². The number of aromatic nitrogens is 1. The van der Waals surface area contributed by atoms with Gasteiger partial charge >= 0.3 is 0 Å². The summed E-state index contributed by atoms with van der Waals surface area (Å²) in [7, 11) is 0. The normalized spacial score (nSPS) is 20.1. The molecule has 2 aromatic rings. The third-order valence-electron chi connectivity index (χ3n) is 5.18. The number of rotatable bonds is 4. The second-order valence-electron chi connectivity index (χ2n) is 7.18. The van der Waals surface area contributed by atoms with Crippen LogP contribution in [-0.4, -0.2) is 60.4 Å². The lowest BCUT2D eigenvalue weighted by Crippen LogP contribution is -2.52. The number of hydrogen-bond donors (Lipinski definition) is 1. The molecule has 144 valence electrons. The molecule has 2 aliphatic heterocycles. The van der Waals surface area contributed by atoms with Crippen molar-refractivity contribution in [2.45, 2.75) is 25.9 Å². The molecule has 0 spiro atoms. The van der Waals surface area contributed by atoms with Crippen molar-refractivity contribution in [3.8, 4) is 11.3 Å². The van der Waals surface area contributed by atoms with E-state index in [2.05, 4.69) is 51.7 Å². The van der Waals surface area contributed by atoms with E-state index >= 15 is 0 Å². The van der Waals surface area contributed by atoms with Crippen molar-refractivity contribution in [2.75, 3.05) is 44.2 Å². The summed E-state index contributed by atoms with van der Waals surface area (Å²) in [6.07, 6.45) is 2.62. The largest absolute Gasteiger partial charge is 0.376 e. The molecule has 0 radical (unpaired) electrons. The van der Waals surface area contributed by atoms with Gasteiger partial charge in [-0.1, -0.05) is 29.8 Å². The minimum absolute atomic E-state index is 0.319. The molecule has 0 bridgehead atoms. The summed E-state index contributed by atoms with van der Waals surface area (Å²) in [6.45, 7) is 7.57. The van der Waals surface area contributed by atoms with Gasteiger partial charge in [-0.2, -0.15) is 0 Å². The molecule has 0 aliphatic carbocycles. The number of thiocarbonyl (C=S) groups is 1. The molecule has 1 N–H and O–H groups in total. The van der Waals surface area contributed by atoms with E-state index in [0.717, 1.165) is 68.1 Å². The lowest BCUT2D eigenvalue weighted by molar-refractivity contribution is 0.113. The number of hydrogen-bond acceptors (Lipinski definition) is 5. The van der Waals surface area contributed by atoms with Crippen molar-refractivity contribution in [3.63, 3.8) is 0 Å². The molecule has 1 atom stereocenters. The highest BCUT2D eigenvalue weighted by Crippen LogP contribution is 2.28. The van der Waals surface area contributed by atoms with Gasteiger partial charge in [-0.25, -0.2) is 4.98 Å². The zero-order valence-electron chi connectivity index (χ0n) is 15.7. The molecule has 0 saturated carbocycles. The van der Waals surface area contributed by atoms with Crippen LogP contribution in [0.2, 0.25) is 0 Å². The SMILES string of the molecule is Cc1ccc(-c2csc(N3CCN(C(=S)NC[C@H]4CCCO4)CC3)n2)cc1. The zero-order chi connectivity index (χ0) is 18.6. The van der Waals surface area contributed by atoms with Crippen LogP contribution >= 0.6 is 23.6 Å². The first-order chi connectivity index (χ1) is 13.2. The quantitative estimate of drug-likeness (QED) is 0.792. The van der Waals surface area contributed by atoms with Gasteiger partial charge in [0.15, 0.2) is 10.2 Å². The maximum atomic E-state index is 5.66. The molecule has 0 unspecified atom stereocenters. The smallest absolute Gasteiger partial charge is 0.185 e. The lowest BCUT2D eigenvalue weighted by atomic mass is 10.1. The minimum atomic E-state index is 0.319. The summed E-state index contributed by atoms with van der Waals surface area (Å²) < 4.78 is 5.66. The van der Waals surface area contributed by atoms with Gasteiger partial charge in [-0.3, -0.25) is 0 Å². The Morgan fingerprint density at radius 3 is 2.74 bits per heavy atom. The zero-order valence-corrected chi connectivity index (χ0v) is 17.3. The molecule has 2 aliphatic rings. The molecule has 2 fully saturated rings. The highest BCUT2D eigenvalue weighted by molar-refractivity contribution is 7.80. The standard InChI is InChI=1S/C20H26N4OS2/c1-15-4-6-16(7-5-15)18-14-27-20(22-18)24-10-8-23(9-11-24)19(26)21-13-17-3-2-12-25-17/h4-7,14,17H,2-3,8-13H2,1H3,(H,21,26)/t17-/m1/s1. The summed E-state index contributed by atoms with van der Waals surface area (Å²) in [6, 6.07) is 8.56. The topological polar surface area (TPSA) is 40.6 Å². The molecule has 1 aromatic heterocycles. The van der Waals surface area contributed by atoms with Gasteiger partial charge in [0.05, 0.1) is 11.8 Å². The second kappa shape index (κ2) is 8.54. The Kier molecular flexibility index (Phi) is 5.90. The molecule has 0 amide bonds. The van der Waals surface area contributed by atoms with Crippen molar-refractivity contribution >= 4 is 33.8 Å². The highest BCUT2D eigenvalue weighted by atomic mass is 32.1. The molecular formula is C20H26N4OS2. The fourth-order valence-corrected chi connectivity index (χ4v) is 4.64. The van der Waals surface area contributed by atoms with Crippen LogP contribution in [0, 0.1) is 6.92 Å². The summed E-state index contributed by atoms with van der Waals surface area (Å²) in [5.41, 5.74) is 3.52. The number of anilines is 1. The number of nitrogens with one attached hydrogen (secondary N) is 1. The van der Waals surface area contributed by atoms with E-state index in [0.29, 0.717) is 6.10 Å². The Hall–Kier alpha value is -1.70. The van der Waals surface area contributed by atoms with E-state index in [9.17, 15) is 0 Å². The molecule has 2 saturated heterocycles. The predicted octanol–water partition coefficient (Wildman–Crippen LogP) is 3.29. The molecule has 7 heteroatoms. The highest BCUT2D eigenvalue weighted by Gasteiger charge is 2.22. The van der Waals surface area contributed by atoms with Crippen LogP contribution in [0.5, 0.6) is 0 Å². The maximum absolute atomic E-state index is 5.66. The van der Waals surface area contributed by atoms with E-state index in [1.165, 1.54) is 11.1 Å². The summed E-state index contributed by atoms with van der Waals surface area (Å²) in [5, 5.41) is 7.48. The van der Waals surface area contributed by atoms with Crippen molar-refractivity contribution in [3.05, 3.63) is 35.2 Å². The number of nitrogens with zero attached hydrogens (tertiary/aromatic N) is 3. The van der Waals surface area contributed by atoms with Gasteiger partial charge in [0.2, 0.25) is 0 Å². The molecule has 4 rings (SSSR count). The average Bonchev–Trinajstić information content (AvgIpc) is 3.39.